The number of sulfonamides is 1. The Morgan fingerprint density at radius 2 is 1.83 bits per heavy atom. The van der Waals surface area contributed by atoms with Gasteiger partial charge in [0.1, 0.15) is 11.4 Å². The van der Waals surface area contributed by atoms with Crippen molar-refractivity contribution >= 4 is 15.9 Å². The predicted molar refractivity (Wildman–Crippen MR) is 110 cm³/mol. The van der Waals surface area contributed by atoms with Crippen molar-refractivity contribution in [1.29, 1.82) is 0 Å². The lowest BCUT2D eigenvalue weighted by Crippen LogP contribution is -2.41. The molecule has 154 valence electrons. The van der Waals surface area contributed by atoms with Gasteiger partial charge in [-0.1, -0.05) is 24.3 Å². The number of fused-ring (bicyclic) bond motifs is 1. The largest absolute Gasteiger partial charge is 0.487 e. The van der Waals surface area contributed by atoms with Crippen LogP contribution in [0.5, 0.6) is 5.75 Å². The summed E-state index contributed by atoms with van der Waals surface area (Å²) in [5.41, 5.74) is 0.862. The molecule has 0 aromatic heterocycles. The molecular weight excluding hydrogens is 388 g/mol. The lowest BCUT2D eigenvalue weighted by Gasteiger charge is -2.37. The molecule has 2 aliphatic rings. The molecule has 0 radical (unpaired) electrons. The maximum atomic E-state index is 13.0. The SMILES string of the molecule is CC1(C)C[C@H](NC(=O)c2cccc(S(=O)(=O)N3CCCC3)c2)c2ccccc2O1. The van der Waals surface area contributed by atoms with Crippen LogP contribution in [0.3, 0.4) is 0 Å². The van der Waals surface area contributed by atoms with Crippen molar-refractivity contribution < 1.29 is 17.9 Å². The van der Waals surface area contributed by atoms with Gasteiger partial charge in [0.05, 0.1) is 10.9 Å². The fraction of sp³-hybridized carbons (Fsp3) is 0.409. The van der Waals surface area contributed by atoms with Gasteiger partial charge in [0.2, 0.25) is 10.0 Å². The summed E-state index contributed by atoms with van der Waals surface area (Å²) in [6.07, 6.45) is 2.37. The molecule has 0 aliphatic carbocycles. The number of amides is 1. The van der Waals surface area contributed by atoms with E-state index >= 15 is 0 Å². The van der Waals surface area contributed by atoms with E-state index in [-0.39, 0.29) is 16.8 Å². The van der Waals surface area contributed by atoms with Gasteiger partial charge in [-0.3, -0.25) is 4.79 Å². The highest BCUT2D eigenvalue weighted by Crippen LogP contribution is 2.39. The summed E-state index contributed by atoms with van der Waals surface area (Å²) >= 11 is 0. The van der Waals surface area contributed by atoms with E-state index in [2.05, 4.69) is 5.32 Å². The van der Waals surface area contributed by atoms with Crippen LogP contribution in [0.1, 0.15) is 55.1 Å². The van der Waals surface area contributed by atoms with Crippen LogP contribution in [-0.2, 0) is 10.0 Å². The quantitative estimate of drug-likeness (QED) is 0.831. The van der Waals surface area contributed by atoms with E-state index in [4.69, 9.17) is 4.74 Å². The van der Waals surface area contributed by atoms with E-state index < -0.39 is 15.6 Å². The van der Waals surface area contributed by atoms with Crippen molar-refractivity contribution in [2.45, 2.75) is 49.6 Å². The van der Waals surface area contributed by atoms with Crippen molar-refractivity contribution in [3.63, 3.8) is 0 Å². The summed E-state index contributed by atoms with van der Waals surface area (Å²) < 4.78 is 33.2. The van der Waals surface area contributed by atoms with Gasteiger partial charge < -0.3 is 10.1 Å². The van der Waals surface area contributed by atoms with Crippen molar-refractivity contribution in [2.24, 2.45) is 0 Å². The van der Waals surface area contributed by atoms with E-state index in [1.165, 1.54) is 10.4 Å². The third kappa shape index (κ3) is 4.02. The average Bonchev–Trinajstić information content (AvgIpc) is 3.23. The number of ether oxygens (including phenoxy) is 1. The molecule has 1 amide bonds. The third-order valence-electron chi connectivity index (χ3n) is 5.48. The van der Waals surface area contributed by atoms with Gasteiger partial charge in [-0.25, -0.2) is 8.42 Å². The fourth-order valence-corrected chi connectivity index (χ4v) is 5.61. The van der Waals surface area contributed by atoms with E-state index in [1.54, 1.807) is 18.2 Å². The molecule has 29 heavy (non-hydrogen) atoms. The van der Waals surface area contributed by atoms with Crippen LogP contribution in [-0.4, -0.2) is 37.3 Å². The molecular formula is C22H26N2O4S. The topological polar surface area (TPSA) is 75.7 Å². The molecule has 0 saturated carbocycles. The van der Waals surface area contributed by atoms with Crippen LogP contribution < -0.4 is 10.1 Å². The van der Waals surface area contributed by atoms with Gasteiger partial charge in [0.25, 0.3) is 5.91 Å². The highest BCUT2D eigenvalue weighted by Gasteiger charge is 2.34. The van der Waals surface area contributed by atoms with E-state index in [0.717, 1.165) is 24.2 Å². The second kappa shape index (κ2) is 7.46. The van der Waals surface area contributed by atoms with Crippen molar-refractivity contribution in [3.8, 4) is 5.75 Å². The number of benzene rings is 2. The van der Waals surface area contributed by atoms with Crippen molar-refractivity contribution in [1.82, 2.24) is 9.62 Å². The Kier molecular flexibility index (Phi) is 5.12. The number of nitrogens with zero attached hydrogens (tertiary/aromatic N) is 1. The minimum absolute atomic E-state index is 0.166. The van der Waals surface area contributed by atoms with Crippen molar-refractivity contribution in [2.75, 3.05) is 13.1 Å². The normalized spacial score (nSPS) is 21.2. The lowest BCUT2D eigenvalue weighted by molar-refractivity contribution is 0.0619. The first-order valence-electron chi connectivity index (χ1n) is 9.95. The standard InChI is InChI=1S/C22H26N2O4S/c1-22(2)15-19(18-10-3-4-11-20(18)28-22)23-21(25)16-8-7-9-17(14-16)29(26,27)24-12-5-6-13-24/h3-4,7-11,14,19H,5-6,12-13,15H2,1-2H3,(H,23,25)/t19-/m0/s1. The minimum atomic E-state index is -3.56. The Balaban J connectivity index is 1.58. The van der Waals surface area contributed by atoms with Gasteiger partial charge in [0.15, 0.2) is 0 Å². The zero-order valence-electron chi connectivity index (χ0n) is 16.7. The molecule has 1 saturated heterocycles. The zero-order valence-corrected chi connectivity index (χ0v) is 17.5. The highest BCUT2D eigenvalue weighted by atomic mass is 32.2. The van der Waals surface area contributed by atoms with Crippen LogP contribution >= 0.6 is 0 Å². The molecule has 7 heteroatoms. The summed E-state index contributed by atoms with van der Waals surface area (Å²) in [5.74, 6) is 0.473. The smallest absolute Gasteiger partial charge is 0.251 e. The number of hydrogen-bond donors (Lipinski definition) is 1. The number of rotatable bonds is 4. The molecule has 1 N–H and O–H groups in total. The Hall–Kier alpha value is -2.38. The molecule has 1 fully saturated rings. The number of nitrogens with one attached hydrogen (secondary N) is 1. The third-order valence-corrected chi connectivity index (χ3v) is 7.38. The first kappa shape index (κ1) is 19.9. The van der Waals surface area contributed by atoms with Crippen LogP contribution in [0, 0.1) is 0 Å². The fourth-order valence-electron chi connectivity index (χ4n) is 4.05. The predicted octanol–water partition coefficient (Wildman–Crippen LogP) is 3.50. The Bertz CT molecular complexity index is 1030. The Morgan fingerprint density at radius 1 is 1.10 bits per heavy atom. The van der Waals surface area contributed by atoms with Crippen LogP contribution in [0.4, 0.5) is 0 Å². The second-order valence-electron chi connectivity index (χ2n) is 8.27. The van der Waals surface area contributed by atoms with E-state index in [1.807, 2.05) is 38.1 Å². The number of carbonyl (C=O) groups excluding carboxylic acids is 1. The molecule has 0 bridgehead atoms. The summed E-state index contributed by atoms with van der Waals surface area (Å²) in [5, 5.41) is 3.07. The lowest BCUT2D eigenvalue weighted by atomic mass is 9.89. The molecule has 2 aliphatic heterocycles. The van der Waals surface area contributed by atoms with Gasteiger partial charge in [-0.15, -0.1) is 0 Å². The first-order valence-corrected chi connectivity index (χ1v) is 11.4. The minimum Gasteiger partial charge on any atom is -0.487 e. The van der Waals surface area contributed by atoms with Gasteiger partial charge >= 0.3 is 0 Å². The van der Waals surface area contributed by atoms with Crippen molar-refractivity contribution in [3.05, 3.63) is 59.7 Å². The average molecular weight is 415 g/mol. The molecule has 0 unspecified atom stereocenters. The Morgan fingerprint density at radius 3 is 2.59 bits per heavy atom. The number of hydrogen-bond acceptors (Lipinski definition) is 4. The Labute approximate surface area is 171 Å². The summed E-state index contributed by atoms with van der Waals surface area (Å²) in [4.78, 5) is 13.1. The molecule has 2 heterocycles. The summed E-state index contributed by atoms with van der Waals surface area (Å²) in [6, 6.07) is 13.8. The van der Waals surface area contributed by atoms with Gasteiger partial charge in [0, 0.05) is 30.6 Å². The summed E-state index contributed by atoms with van der Waals surface area (Å²) in [6.45, 7) is 5.05. The van der Waals surface area contributed by atoms with Gasteiger partial charge in [-0.05, 0) is 51.0 Å². The zero-order chi connectivity index (χ0) is 20.6. The number of carbonyl (C=O) groups is 1. The first-order chi connectivity index (χ1) is 13.8. The van der Waals surface area contributed by atoms with E-state index in [9.17, 15) is 13.2 Å². The van der Waals surface area contributed by atoms with Crippen LogP contribution in [0.2, 0.25) is 0 Å². The maximum absolute atomic E-state index is 13.0. The molecule has 0 spiro atoms. The van der Waals surface area contributed by atoms with Crippen LogP contribution in [0.25, 0.3) is 0 Å². The monoisotopic (exact) mass is 414 g/mol. The molecule has 1 atom stereocenters. The second-order valence-corrected chi connectivity index (χ2v) is 10.2. The van der Waals surface area contributed by atoms with Crippen LogP contribution in [0.15, 0.2) is 53.4 Å². The molecule has 2 aromatic carbocycles. The summed E-state index contributed by atoms with van der Waals surface area (Å²) in [7, 11) is -3.56. The maximum Gasteiger partial charge on any atom is 0.251 e. The van der Waals surface area contributed by atoms with Gasteiger partial charge in [-0.2, -0.15) is 4.31 Å². The molecule has 6 nitrogen and oxygen atoms in total. The number of para-hydroxylation sites is 1. The highest BCUT2D eigenvalue weighted by molar-refractivity contribution is 7.89. The molecule has 4 rings (SSSR count). The molecule has 2 aromatic rings. The van der Waals surface area contributed by atoms with E-state index in [0.29, 0.717) is 25.1 Å².